The Hall–Kier alpha value is -2.92. The molecule has 1 saturated carbocycles. The van der Waals surface area contributed by atoms with E-state index in [0.717, 1.165) is 36.3 Å². The zero-order valence-electron chi connectivity index (χ0n) is 16.4. The Labute approximate surface area is 166 Å². The van der Waals surface area contributed by atoms with E-state index in [1.165, 1.54) is 5.56 Å². The van der Waals surface area contributed by atoms with Gasteiger partial charge in [0.1, 0.15) is 0 Å². The summed E-state index contributed by atoms with van der Waals surface area (Å²) in [5.41, 5.74) is 5.08. The van der Waals surface area contributed by atoms with Gasteiger partial charge in [0.05, 0.1) is 23.1 Å². The fourth-order valence-electron chi connectivity index (χ4n) is 3.46. The lowest BCUT2D eigenvalue weighted by Crippen LogP contribution is -2.23. The van der Waals surface area contributed by atoms with Crippen molar-refractivity contribution in [2.45, 2.75) is 31.8 Å². The highest BCUT2D eigenvalue weighted by Gasteiger charge is 2.32. The van der Waals surface area contributed by atoms with E-state index in [2.05, 4.69) is 53.7 Å². The summed E-state index contributed by atoms with van der Waals surface area (Å²) in [6, 6.07) is 18.4. The normalized spacial score (nSPS) is 13.7. The highest BCUT2D eigenvalue weighted by molar-refractivity contribution is 5.95. The average Bonchev–Trinajstić information content (AvgIpc) is 3.45. The number of benzene rings is 2. The van der Waals surface area contributed by atoms with Gasteiger partial charge < -0.3 is 10.2 Å². The molecule has 0 atom stereocenters. The lowest BCUT2D eigenvalue weighted by Gasteiger charge is -2.11. The molecule has 0 radical (unpaired) electrons. The molecule has 144 valence electrons. The summed E-state index contributed by atoms with van der Waals surface area (Å²) in [6.07, 6.45) is 3.94. The van der Waals surface area contributed by atoms with E-state index in [4.69, 9.17) is 0 Å². The van der Waals surface area contributed by atoms with Crippen LogP contribution in [-0.2, 0) is 13.1 Å². The summed E-state index contributed by atoms with van der Waals surface area (Å²) < 4.78 is 1.92. The Kier molecular flexibility index (Phi) is 5.26. The second-order valence-electron chi connectivity index (χ2n) is 7.70. The van der Waals surface area contributed by atoms with Gasteiger partial charge in [-0.2, -0.15) is 5.10 Å². The zero-order valence-corrected chi connectivity index (χ0v) is 16.4. The molecule has 1 fully saturated rings. The number of amides is 1. The lowest BCUT2D eigenvalue weighted by atomic mass is 10.1. The first-order chi connectivity index (χ1) is 13.6. The van der Waals surface area contributed by atoms with Crippen LogP contribution in [0.2, 0.25) is 0 Å². The summed E-state index contributed by atoms with van der Waals surface area (Å²) in [7, 11) is 4.11. The topological polar surface area (TPSA) is 50.2 Å². The van der Waals surface area contributed by atoms with Gasteiger partial charge in [-0.25, -0.2) is 4.68 Å². The van der Waals surface area contributed by atoms with Crippen LogP contribution in [-0.4, -0.2) is 34.7 Å². The molecule has 3 aromatic rings. The number of nitrogens with one attached hydrogen (secondary N) is 1. The largest absolute Gasteiger partial charge is 0.348 e. The average molecular weight is 374 g/mol. The molecule has 1 aliphatic carbocycles. The first-order valence-corrected chi connectivity index (χ1v) is 9.76. The zero-order chi connectivity index (χ0) is 19.5. The first kappa shape index (κ1) is 18.4. The summed E-state index contributed by atoms with van der Waals surface area (Å²) >= 11 is 0. The number of carbonyl (C=O) groups is 1. The molecule has 1 heterocycles. The Morgan fingerprint density at radius 1 is 1.07 bits per heavy atom. The van der Waals surface area contributed by atoms with Gasteiger partial charge >= 0.3 is 0 Å². The summed E-state index contributed by atoms with van der Waals surface area (Å²) in [5, 5.41) is 7.57. The number of nitrogens with zero attached hydrogens (tertiary/aromatic N) is 3. The van der Waals surface area contributed by atoms with Crippen molar-refractivity contribution in [2.24, 2.45) is 0 Å². The summed E-state index contributed by atoms with van der Waals surface area (Å²) in [6.45, 7) is 1.43. The van der Waals surface area contributed by atoms with Crippen molar-refractivity contribution < 1.29 is 4.79 Å². The van der Waals surface area contributed by atoms with Gasteiger partial charge in [0.2, 0.25) is 0 Å². The van der Waals surface area contributed by atoms with Crippen LogP contribution in [0.25, 0.3) is 5.69 Å². The van der Waals surface area contributed by atoms with Crippen LogP contribution >= 0.6 is 0 Å². The van der Waals surface area contributed by atoms with E-state index in [9.17, 15) is 4.79 Å². The van der Waals surface area contributed by atoms with Gasteiger partial charge in [0.15, 0.2) is 0 Å². The second-order valence-corrected chi connectivity index (χ2v) is 7.70. The molecular weight excluding hydrogens is 348 g/mol. The molecule has 1 amide bonds. The number of carbonyl (C=O) groups excluding carboxylic acids is 1. The molecule has 1 aliphatic rings. The summed E-state index contributed by atoms with van der Waals surface area (Å²) in [4.78, 5) is 15.0. The minimum absolute atomic E-state index is 0.0542. The van der Waals surface area contributed by atoms with Gasteiger partial charge in [-0.1, -0.05) is 42.5 Å². The van der Waals surface area contributed by atoms with Crippen LogP contribution in [0.3, 0.4) is 0 Å². The SMILES string of the molecule is CN(C)Cc1ccc(CNC(=O)c2cnn(-c3ccccc3)c2C2CC2)cc1. The van der Waals surface area contributed by atoms with Crippen molar-refractivity contribution in [2.75, 3.05) is 14.1 Å². The smallest absolute Gasteiger partial charge is 0.255 e. The molecule has 0 saturated heterocycles. The lowest BCUT2D eigenvalue weighted by molar-refractivity contribution is 0.0950. The van der Waals surface area contributed by atoms with Crippen molar-refractivity contribution >= 4 is 5.91 Å². The Balaban J connectivity index is 1.47. The van der Waals surface area contributed by atoms with Crippen LogP contribution in [0, 0.1) is 0 Å². The number of hydrogen-bond donors (Lipinski definition) is 1. The molecular formula is C23H26N4O. The number of para-hydroxylation sites is 1. The predicted octanol–water partition coefficient (Wildman–Crippen LogP) is 3.74. The monoisotopic (exact) mass is 374 g/mol. The quantitative estimate of drug-likeness (QED) is 0.685. The van der Waals surface area contributed by atoms with Crippen molar-refractivity contribution in [1.29, 1.82) is 0 Å². The van der Waals surface area contributed by atoms with E-state index in [0.29, 0.717) is 18.0 Å². The molecule has 1 aromatic heterocycles. The van der Waals surface area contributed by atoms with E-state index in [-0.39, 0.29) is 5.91 Å². The van der Waals surface area contributed by atoms with E-state index in [1.807, 2.05) is 35.0 Å². The maximum atomic E-state index is 12.9. The minimum Gasteiger partial charge on any atom is -0.348 e. The third kappa shape index (κ3) is 4.15. The molecule has 28 heavy (non-hydrogen) atoms. The molecule has 0 bridgehead atoms. The summed E-state index contributed by atoms with van der Waals surface area (Å²) in [5.74, 6) is 0.371. The third-order valence-corrected chi connectivity index (χ3v) is 4.99. The molecule has 4 rings (SSSR count). The molecule has 5 nitrogen and oxygen atoms in total. The van der Waals surface area contributed by atoms with Crippen molar-refractivity contribution in [1.82, 2.24) is 20.0 Å². The molecule has 1 N–H and O–H groups in total. The van der Waals surface area contributed by atoms with Gasteiger partial charge in [-0.15, -0.1) is 0 Å². The highest BCUT2D eigenvalue weighted by Crippen LogP contribution is 2.42. The van der Waals surface area contributed by atoms with Crippen LogP contribution in [0.5, 0.6) is 0 Å². The Morgan fingerprint density at radius 3 is 2.39 bits per heavy atom. The van der Waals surface area contributed by atoms with Crippen molar-refractivity contribution in [3.05, 3.63) is 83.2 Å². The predicted molar refractivity (Wildman–Crippen MR) is 111 cm³/mol. The fourth-order valence-corrected chi connectivity index (χ4v) is 3.46. The third-order valence-electron chi connectivity index (χ3n) is 4.99. The molecule has 0 spiro atoms. The standard InChI is InChI=1S/C23H26N4O/c1-26(2)16-18-10-8-17(9-11-18)14-24-23(28)21-15-25-27(22(21)19-12-13-19)20-6-4-3-5-7-20/h3-11,15,19H,12-14,16H2,1-2H3,(H,24,28). The van der Waals surface area contributed by atoms with E-state index < -0.39 is 0 Å². The maximum Gasteiger partial charge on any atom is 0.255 e. The Bertz CT molecular complexity index is 940. The van der Waals surface area contributed by atoms with Gasteiger partial charge in [0.25, 0.3) is 5.91 Å². The van der Waals surface area contributed by atoms with Crippen LogP contribution in [0.4, 0.5) is 0 Å². The molecule has 5 heteroatoms. The molecule has 0 aliphatic heterocycles. The minimum atomic E-state index is -0.0542. The highest BCUT2D eigenvalue weighted by atomic mass is 16.1. The fraction of sp³-hybridized carbons (Fsp3) is 0.304. The van der Waals surface area contributed by atoms with Gasteiger partial charge in [-0.3, -0.25) is 4.79 Å². The second kappa shape index (κ2) is 7.98. The van der Waals surface area contributed by atoms with Gasteiger partial charge in [0, 0.05) is 19.0 Å². The van der Waals surface area contributed by atoms with Crippen molar-refractivity contribution in [3.8, 4) is 5.69 Å². The first-order valence-electron chi connectivity index (χ1n) is 9.76. The van der Waals surface area contributed by atoms with E-state index >= 15 is 0 Å². The molecule has 2 aromatic carbocycles. The van der Waals surface area contributed by atoms with Crippen LogP contribution in [0.1, 0.15) is 45.9 Å². The Morgan fingerprint density at radius 2 is 1.75 bits per heavy atom. The van der Waals surface area contributed by atoms with Crippen LogP contribution in [0.15, 0.2) is 60.8 Å². The maximum absolute atomic E-state index is 12.9. The van der Waals surface area contributed by atoms with Crippen LogP contribution < -0.4 is 5.32 Å². The van der Waals surface area contributed by atoms with Crippen molar-refractivity contribution in [3.63, 3.8) is 0 Å². The number of aromatic nitrogens is 2. The molecule has 0 unspecified atom stereocenters. The number of hydrogen-bond acceptors (Lipinski definition) is 3. The number of rotatable bonds is 7. The van der Waals surface area contributed by atoms with E-state index in [1.54, 1.807) is 6.20 Å². The van der Waals surface area contributed by atoms with Gasteiger partial charge in [-0.05, 0) is 50.2 Å².